The number of ether oxygens (including phenoxy) is 1. The quantitative estimate of drug-likeness (QED) is 0.858. The Kier molecular flexibility index (Phi) is 4.49. The zero-order chi connectivity index (χ0) is 14.5. The van der Waals surface area contributed by atoms with Crippen LogP contribution in [-0.2, 0) is 23.1 Å². The van der Waals surface area contributed by atoms with Gasteiger partial charge in [-0.15, -0.1) is 0 Å². The molecule has 6 heteroatoms. The van der Waals surface area contributed by atoms with Crippen molar-refractivity contribution in [1.29, 1.82) is 0 Å². The summed E-state index contributed by atoms with van der Waals surface area (Å²) in [4.78, 5) is 12.3. The Morgan fingerprint density at radius 1 is 1.45 bits per heavy atom. The molecule has 0 spiro atoms. The molecule has 2 rings (SSSR count). The van der Waals surface area contributed by atoms with Crippen molar-refractivity contribution in [2.24, 2.45) is 12.8 Å². The maximum atomic E-state index is 12.3. The molecule has 1 unspecified atom stereocenters. The van der Waals surface area contributed by atoms with E-state index < -0.39 is 6.10 Å². The molecule has 0 radical (unpaired) electrons. The van der Waals surface area contributed by atoms with Crippen molar-refractivity contribution in [3.63, 3.8) is 0 Å². The number of aromatic nitrogens is 2. The highest BCUT2D eigenvalue weighted by atomic mass is 16.5. The highest BCUT2D eigenvalue weighted by Gasteiger charge is 2.21. The standard InChI is InChI=1S/C14H18N4O2/c1-18-9-11(8-15)13(17-18)16-14(19)12(20-2)10-6-4-3-5-7-10/h3-7,9,12H,8,15H2,1-2H3,(H,16,17,19). The van der Waals surface area contributed by atoms with Crippen LogP contribution in [0.25, 0.3) is 0 Å². The van der Waals surface area contributed by atoms with E-state index in [0.29, 0.717) is 12.4 Å². The minimum absolute atomic E-state index is 0.271. The van der Waals surface area contributed by atoms with Gasteiger partial charge in [0.2, 0.25) is 0 Å². The van der Waals surface area contributed by atoms with Gasteiger partial charge in [-0.1, -0.05) is 30.3 Å². The number of anilines is 1. The molecule has 1 atom stereocenters. The molecule has 3 N–H and O–H groups in total. The van der Waals surface area contributed by atoms with E-state index in [4.69, 9.17) is 10.5 Å². The van der Waals surface area contributed by atoms with Gasteiger partial charge in [0.05, 0.1) is 0 Å². The number of amides is 1. The number of aryl methyl sites for hydroxylation is 1. The van der Waals surface area contributed by atoms with Crippen molar-refractivity contribution in [1.82, 2.24) is 9.78 Å². The third kappa shape index (κ3) is 3.04. The van der Waals surface area contributed by atoms with E-state index in [1.165, 1.54) is 7.11 Å². The summed E-state index contributed by atoms with van der Waals surface area (Å²) < 4.78 is 6.89. The van der Waals surface area contributed by atoms with Gasteiger partial charge in [0.1, 0.15) is 0 Å². The monoisotopic (exact) mass is 274 g/mol. The first-order chi connectivity index (χ1) is 9.65. The fourth-order valence-corrected chi connectivity index (χ4v) is 2.00. The van der Waals surface area contributed by atoms with Crippen LogP contribution < -0.4 is 11.1 Å². The van der Waals surface area contributed by atoms with E-state index in [0.717, 1.165) is 11.1 Å². The molecular formula is C14H18N4O2. The van der Waals surface area contributed by atoms with Crippen molar-refractivity contribution in [3.8, 4) is 0 Å². The maximum Gasteiger partial charge on any atom is 0.259 e. The van der Waals surface area contributed by atoms with Crippen LogP contribution in [-0.4, -0.2) is 22.8 Å². The highest BCUT2D eigenvalue weighted by Crippen LogP contribution is 2.19. The number of carbonyl (C=O) groups excluding carboxylic acids is 1. The van der Waals surface area contributed by atoms with Gasteiger partial charge in [0.25, 0.3) is 5.91 Å². The van der Waals surface area contributed by atoms with Gasteiger partial charge in [-0.25, -0.2) is 0 Å². The fourth-order valence-electron chi connectivity index (χ4n) is 2.00. The van der Waals surface area contributed by atoms with Crippen molar-refractivity contribution in [2.75, 3.05) is 12.4 Å². The highest BCUT2D eigenvalue weighted by molar-refractivity contribution is 5.94. The van der Waals surface area contributed by atoms with E-state index >= 15 is 0 Å². The first kappa shape index (κ1) is 14.2. The molecule has 0 saturated heterocycles. The third-order valence-corrected chi connectivity index (χ3v) is 2.94. The predicted molar refractivity (Wildman–Crippen MR) is 75.9 cm³/mol. The SMILES string of the molecule is COC(C(=O)Nc1nn(C)cc1CN)c1ccccc1. The molecule has 0 aliphatic rings. The number of hydrogen-bond donors (Lipinski definition) is 2. The van der Waals surface area contributed by atoms with Gasteiger partial charge < -0.3 is 15.8 Å². The Hall–Kier alpha value is -2.18. The van der Waals surface area contributed by atoms with Crippen LogP contribution in [0.5, 0.6) is 0 Å². The molecule has 0 bridgehead atoms. The Morgan fingerprint density at radius 3 is 2.75 bits per heavy atom. The van der Waals surface area contributed by atoms with E-state index in [-0.39, 0.29) is 5.91 Å². The molecule has 1 amide bonds. The lowest BCUT2D eigenvalue weighted by Gasteiger charge is -2.15. The fraction of sp³-hybridized carbons (Fsp3) is 0.286. The van der Waals surface area contributed by atoms with Gasteiger partial charge in [-0.2, -0.15) is 5.10 Å². The van der Waals surface area contributed by atoms with Crippen molar-refractivity contribution >= 4 is 11.7 Å². The number of benzene rings is 1. The van der Waals surface area contributed by atoms with E-state index in [1.807, 2.05) is 30.3 Å². The average molecular weight is 274 g/mol. The summed E-state index contributed by atoms with van der Waals surface area (Å²) in [6.45, 7) is 0.312. The Balaban J connectivity index is 2.17. The number of carbonyl (C=O) groups is 1. The minimum atomic E-state index is -0.677. The molecule has 0 aliphatic carbocycles. The zero-order valence-electron chi connectivity index (χ0n) is 11.5. The number of nitrogens with one attached hydrogen (secondary N) is 1. The molecule has 106 valence electrons. The number of hydrogen-bond acceptors (Lipinski definition) is 4. The summed E-state index contributed by atoms with van der Waals surface area (Å²) in [5, 5.41) is 6.94. The third-order valence-electron chi connectivity index (χ3n) is 2.94. The number of rotatable bonds is 5. The summed E-state index contributed by atoms with van der Waals surface area (Å²) in [6.07, 6.45) is 1.10. The molecule has 0 fully saturated rings. The van der Waals surface area contributed by atoms with E-state index in [1.54, 1.807) is 17.9 Å². The van der Waals surface area contributed by atoms with E-state index in [9.17, 15) is 4.79 Å². The Morgan fingerprint density at radius 2 is 2.15 bits per heavy atom. The Bertz CT molecular complexity index is 580. The second-order valence-corrected chi connectivity index (χ2v) is 4.40. The molecule has 2 aromatic rings. The molecule has 0 aliphatic heterocycles. The zero-order valence-corrected chi connectivity index (χ0v) is 11.5. The molecule has 6 nitrogen and oxygen atoms in total. The molecule has 1 heterocycles. The van der Waals surface area contributed by atoms with Gasteiger partial charge >= 0.3 is 0 Å². The first-order valence-corrected chi connectivity index (χ1v) is 6.27. The molecule has 1 aromatic carbocycles. The second-order valence-electron chi connectivity index (χ2n) is 4.40. The number of nitrogens with two attached hydrogens (primary N) is 1. The van der Waals surface area contributed by atoms with Crippen molar-refractivity contribution in [2.45, 2.75) is 12.6 Å². The lowest BCUT2D eigenvalue weighted by Crippen LogP contribution is -2.23. The Labute approximate surface area is 117 Å². The van der Waals surface area contributed by atoms with Crippen LogP contribution in [0.3, 0.4) is 0 Å². The average Bonchev–Trinajstić information content (AvgIpc) is 2.80. The molecule has 0 saturated carbocycles. The van der Waals surface area contributed by atoms with Crippen LogP contribution in [0.15, 0.2) is 36.5 Å². The summed E-state index contributed by atoms with van der Waals surface area (Å²) in [6, 6.07) is 9.30. The van der Waals surface area contributed by atoms with Gasteiger partial charge in [0.15, 0.2) is 11.9 Å². The molecule has 1 aromatic heterocycles. The summed E-state index contributed by atoms with van der Waals surface area (Å²) in [7, 11) is 3.28. The van der Waals surface area contributed by atoms with Crippen LogP contribution >= 0.6 is 0 Å². The van der Waals surface area contributed by atoms with Crippen molar-refractivity contribution in [3.05, 3.63) is 47.7 Å². The van der Waals surface area contributed by atoms with Crippen LogP contribution in [0.2, 0.25) is 0 Å². The van der Waals surface area contributed by atoms with Crippen LogP contribution in [0.1, 0.15) is 17.2 Å². The normalized spacial score (nSPS) is 12.2. The summed E-state index contributed by atoms with van der Waals surface area (Å²) in [5.74, 6) is 0.199. The molecule has 20 heavy (non-hydrogen) atoms. The topological polar surface area (TPSA) is 82.2 Å². The summed E-state index contributed by atoms with van der Waals surface area (Å²) >= 11 is 0. The van der Waals surface area contributed by atoms with E-state index in [2.05, 4.69) is 10.4 Å². The van der Waals surface area contributed by atoms with Crippen LogP contribution in [0.4, 0.5) is 5.82 Å². The minimum Gasteiger partial charge on any atom is -0.367 e. The van der Waals surface area contributed by atoms with Crippen LogP contribution in [0, 0.1) is 0 Å². The smallest absolute Gasteiger partial charge is 0.259 e. The largest absolute Gasteiger partial charge is 0.367 e. The first-order valence-electron chi connectivity index (χ1n) is 6.27. The lowest BCUT2D eigenvalue weighted by molar-refractivity contribution is -0.126. The lowest BCUT2D eigenvalue weighted by atomic mass is 10.1. The summed E-state index contributed by atoms with van der Waals surface area (Å²) in [5.41, 5.74) is 7.19. The second kappa shape index (κ2) is 6.31. The van der Waals surface area contributed by atoms with Crippen molar-refractivity contribution < 1.29 is 9.53 Å². The maximum absolute atomic E-state index is 12.3. The molecular weight excluding hydrogens is 256 g/mol. The number of nitrogens with zero attached hydrogens (tertiary/aromatic N) is 2. The van der Waals surface area contributed by atoms with Gasteiger partial charge in [-0.3, -0.25) is 9.48 Å². The predicted octanol–water partition coefficient (Wildman–Crippen LogP) is 1.20. The number of methoxy groups -OCH3 is 1. The van der Waals surface area contributed by atoms with Gasteiger partial charge in [-0.05, 0) is 5.56 Å². The van der Waals surface area contributed by atoms with Gasteiger partial charge in [0, 0.05) is 32.5 Å².